The molecule has 1 aromatic heterocycles. The number of methoxy groups -OCH3 is 1. The maximum absolute atomic E-state index is 11.9. The molecule has 2 rings (SSSR count). The van der Waals surface area contributed by atoms with Crippen molar-refractivity contribution in [1.29, 1.82) is 0 Å². The highest BCUT2D eigenvalue weighted by Gasteiger charge is 2.07. The van der Waals surface area contributed by atoms with Gasteiger partial charge in [0.2, 0.25) is 0 Å². The van der Waals surface area contributed by atoms with Gasteiger partial charge in [-0.1, -0.05) is 19.1 Å². The van der Waals surface area contributed by atoms with Gasteiger partial charge in [-0.3, -0.25) is 9.78 Å². The summed E-state index contributed by atoms with van der Waals surface area (Å²) in [5.41, 5.74) is 2.49. The molecule has 0 unspecified atom stereocenters. The van der Waals surface area contributed by atoms with E-state index >= 15 is 0 Å². The third kappa shape index (κ3) is 3.35. The lowest BCUT2D eigenvalue weighted by molar-refractivity contribution is 0.0953. The van der Waals surface area contributed by atoms with Gasteiger partial charge in [-0.25, -0.2) is 0 Å². The topological polar surface area (TPSA) is 51.2 Å². The normalized spacial score (nSPS) is 10.1. The molecular weight excluding hydrogens is 252 g/mol. The molecule has 4 heteroatoms. The van der Waals surface area contributed by atoms with Crippen molar-refractivity contribution >= 4 is 5.91 Å². The number of pyridine rings is 1. The zero-order valence-corrected chi connectivity index (χ0v) is 11.7. The molecule has 1 N–H and O–H groups in total. The molecule has 0 aliphatic rings. The van der Waals surface area contributed by atoms with Crippen LogP contribution in [0.3, 0.4) is 0 Å². The Labute approximate surface area is 118 Å². The highest BCUT2D eigenvalue weighted by atomic mass is 16.5. The molecule has 0 fully saturated rings. The fourth-order valence-electron chi connectivity index (χ4n) is 1.85. The van der Waals surface area contributed by atoms with Crippen LogP contribution < -0.4 is 10.1 Å². The zero-order chi connectivity index (χ0) is 14.4. The van der Waals surface area contributed by atoms with Crippen LogP contribution >= 0.6 is 0 Å². The molecule has 4 nitrogen and oxygen atoms in total. The second-order valence-corrected chi connectivity index (χ2v) is 4.45. The third-order valence-electron chi connectivity index (χ3n) is 2.96. The summed E-state index contributed by atoms with van der Waals surface area (Å²) in [5.74, 6) is 0.716. The van der Waals surface area contributed by atoms with Gasteiger partial charge in [0.15, 0.2) is 0 Å². The molecule has 0 bridgehead atoms. The number of nitrogens with zero attached hydrogens (tertiary/aromatic N) is 1. The lowest BCUT2D eigenvalue weighted by atomic mass is 10.1. The Morgan fingerprint density at radius 2 is 1.95 bits per heavy atom. The standard InChI is InChI=1S/C16H18N2O2/c1-3-8-18-16(19)14-9-13(10-17-11-14)12-4-6-15(20-2)7-5-12/h4-7,9-11H,3,8H2,1-2H3,(H,18,19). The second-order valence-electron chi connectivity index (χ2n) is 4.45. The maximum atomic E-state index is 11.9. The van der Waals surface area contributed by atoms with E-state index in [1.807, 2.05) is 37.3 Å². The highest BCUT2D eigenvalue weighted by Crippen LogP contribution is 2.22. The first-order chi connectivity index (χ1) is 9.74. The van der Waals surface area contributed by atoms with Crippen molar-refractivity contribution in [2.75, 3.05) is 13.7 Å². The highest BCUT2D eigenvalue weighted by molar-refractivity contribution is 5.95. The van der Waals surface area contributed by atoms with Crippen molar-refractivity contribution in [2.24, 2.45) is 0 Å². The van der Waals surface area contributed by atoms with Gasteiger partial charge in [-0.15, -0.1) is 0 Å². The molecule has 0 radical (unpaired) electrons. The summed E-state index contributed by atoms with van der Waals surface area (Å²) in [4.78, 5) is 16.1. The Kier molecular flexibility index (Phi) is 4.71. The number of ether oxygens (including phenoxy) is 1. The van der Waals surface area contributed by atoms with Gasteiger partial charge >= 0.3 is 0 Å². The van der Waals surface area contributed by atoms with Crippen molar-refractivity contribution in [3.8, 4) is 16.9 Å². The molecule has 1 aromatic carbocycles. The molecule has 1 amide bonds. The second kappa shape index (κ2) is 6.70. The van der Waals surface area contributed by atoms with Crippen LogP contribution in [0.2, 0.25) is 0 Å². The van der Waals surface area contributed by atoms with Crippen LogP contribution in [0.4, 0.5) is 0 Å². The van der Waals surface area contributed by atoms with Crippen LogP contribution in [0.5, 0.6) is 5.75 Å². The lowest BCUT2D eigenvalue weighted by Crippen LogP contribution is -2.24. The lowest BCUT2D eigenvalue weighted by Gasteiger charge is -2.06. The van der Waals surface area contributed by atoms with Gasteiger partial charge in [-0.05, 0) is 30.2 Å². The Hall–Kier alpha value is -2.36. The van der Waals surface area contributed by atoms with E-state index < -0.39 is 0 Å². The largest absolute Gasteiger partial charge is 0.497 e. The monoisotopic (exact) mass is 270 g/mol. The minimum atomic E-state index is -0.0882. The van der Waals surface area contributed by atoms with Crippen LogP contribution in [0.15, 0.2) is 42.7 Å². The predicted molar refractivity (Wildman–Crippen MR) is 78.8 cm³/mol. The predicted octanol–water partition coefficient (Wildman–Crippen LogP) is 2.90. The minimum absolute atomic E-state index is 0.0882. The number of carbonyl (C=O) groups is 1. The van der Waals surface area contributed by atoms with Crippen LogP contribution in [0.25, 0.3) is 11.1 Å². The van der Waals surface area contributed by atoms with Crippen LogP contribution in [0, 0.1) is 0 Å². The molecule has 0 spiro atoms. The molecule has 104 valence electrons. The SMILES string of the molecule is CCCNC(=O)c1cncc(-c2ccc(OC)cc2)c1. The quantitative estimate of drug-likeness (QED) is 0.909. The maximum Gasteiger partial charge on any atom is 0.252 e. The van der Waals surface area contributed by atoms with Crippen LogP contribution in [-0.2, 0) is 0 Å². The number of benzene rings is 1. The molecule has 0 aliphatic carbocycles. The van der Waals surface area contributed by atoms with Crippen LogP contribution in [-0.4, -0.2) is 24.5 Å². The Morgan fingerprint density at radius 3 is 2.60 bits per heavy atom. The number of aromatic nitrogens is 1. The van der Waals surface area contributed by atoms with E-state index in [2.05, 4.69) is 10.3 Å². The molecule has 1 heterocycles. The fraction of sp³-hybridized carbons (Fsp3) is 0.250. The Bertz CT molecular complexity index is 579. The summed E-state index contributed by atoms with van der Waals surface area (Å²) in [6, 6.07) is 9.52. The van der Waals surface area contributed by atoms with Crippen molar-refractivity contribution in [3.63, 3.8) is 0 Å². The summed E-state index contributed by atoms with van der Waals surface area (Å²) in [5, 5.41) is 2.85. The van der Waals surface area contributed by atoms with Gasteiger partial charge in [0.05, 0.1) is 12.7 Å². The number of rotatable bonds is 5. The first kappa shape index (κ1) is 14.1. The van der Waals surface area contributed by atoms with Crippen molar-refractivity contribution in [2.45, 2.75) is 13.3 Å². The van der Waals surface area contributed by atoms with E-state index in [0.717, 1.165) is 23.3 Å². The van der Waals surface area contributed by atoms with Crippen molar-refractivity contribution in [1.82, 2.24) is 10.3 Å². The summed E-state index contributed by atoms with van der Waals surface area (Å²) >= 11 is 0. The Balaban J connectivity index is 2.22. The van der Waals surface area contributed by atoms with E-state index in [1.165, 1.54) is 0 Å². The average molecular weight is 270 g/mol. The van der Waals surface area contributed by atoms with Crippen LogP contribution in [0.1, 0.15) is 23.7 Å². The van der Waals surface area contributed by atoms with E-state index in [9.17, 15) is 4.79 Å². The van der Waals surface area contributed by atoms with Gasteiger partial charge in [0.1, 0.15) is 5.75 Å². The van der Waals surface area contributed by atoms with E-state index in [0.29, 0.717) is 12.1 Å². The molecule has 0 aliphatic heterocycles. The molecular formula is C16H18N2O2. The average Bonchev–Trinajstić information content (AvgIpc) is 2.52. The zero-order valence-electron chi connectivity index (χ0n) is 11.7. The molecule has 20 heavy (non-hydrogen) atoms. The number of carbonyl (C=O) groups excluding carboxylic acids is 1. The first-order valence-corrected chi connectivity index (χ1v) is 6.62. The van der Waals surface area contributed by atoms with Crippen molar-refractivity contribution < 1.29 is 9.53 Å². The van der Waals surface area contributed by atoms with E-state index in [4.69, 9.17) is 4.74 Å². The number of hydrogen-bond donors (Lipinski definition) is 1. The summed E-state index contributed by atoms with van der Waals surface area (Å²) < 4.78 is 5.13. The minimum Gasteiger partial charge on any atom is -0.497 e. The molecule has 0 atom stereocenters. The smallest absolute Gasteiger partial charge is 0.252 e. The molecule has 0 saturated heterocycles. The summed E-state index contributed by atoms with van der Waals surface area (Å²) in [7, 11) is 1.63. The van der Waals surface area contributed by atoms with E-state index in [1.54, 1.807) is 19.5 Å². The number of hydrogen-bond acceptors (Lipinski definition) is 3. The summed E-state index contributed by atoms with van der Waals surface area (Å²) in [6.45, 7) is 2.69. The van der Waals surface area contributed by atoms with E-state index in [-0.39, 0.29) is 5.91 Å². The Morgan fingerprint density at radius 1 is 1.20 bits per heavy atom. The fourth-order valence-corrected chi connectivity index (χ4v) is 1.85. The van der Waals surface area contributed by atoms with Crippen molar-refractivity contribution in [3.05, 3.63) is 48.3 Å². The van der Waals surface area contributed by atoms with Gasteiger partial charge in [-0.2, -0.15) is 0 Å². The summed E-state index contributed by atoms with van der Waals surface area (Å²) in [6.07, 6.45) is 4.24. The van der Waals surface area contributed by atoms with Gasteiger partial charge in [0, 0.05) is 24.5 Å². The number of amides is 1. The third-order valence-corrected chi connectivity index (χ3v) is 2.96. The molecule has 2 aromatic rings. The van der Waals surface area contributed by atoms with Gasteiger partial charge in [0.25, 0.3) is 5.91 Å². The first-order valence-electron chi connectivity index (χ1n) is 6.62. The van der Waals surface area contributed by atoms with Gasteiger partial charge < -0.3 is 10.1 Å². The number of nitrogens with one attached hydrogen (secondary N) is 1. The molecule has 0 saturated carbocycles.